The second kappa shape index (κ2) is 8.55. The Kier molecular flexibility index (Phi) is 5.64. The molecule has 2 aliphatic carbocycles. The molecule has 0 spiro atoms. The van der Waals surface area contributed by atoms with Gasteiger partial charge in [-0.3, -0.25) is 9.69 Å². The molecule has 0 radical (unpaired) electrons. The predicted molar refractivity (Wildman–Crippen MR) is 121 cm³/mol. The van der Waals surface area contributed by atoms with Crippen molar-refractivity contribution in [1.82, 2.24) is 10.2 Å². The van der Waals surface area contributed by atoms with Gasteiger partial charge in [0.1, 0.15) is 0 Å². The van der Waals surface area contributed by atoms with Crippen LogP contribution in [0, 0.1) is 11.8 Å². The molecular weight excluding hydrogens is 368 g/mol. The van der Waals surface area contributed by atoms with Gasteiger partial charge in [0.25, 0.3) is 0 Å². The first-order valence-electron chi connectivity index (χ1n) is 11.9. The van der Waals surface area contributed by atoms with E-state index < -0.39 is 0 Å². The fourth-order valence-electron chi connectivity index (χ4n) is 6.37. The highest BCUT2D eigenvalue weighted by molar-refractivity contribution is 5.88. The maximum absolute atomic E-state index is 13.7. The van der Waals surface area contributed by atoms with Crippen molar-refractivity contribution in [2.75, 3.05) is 13.1 Å². The first kappa shape index (κ1) is 19.8. The van der Waals surface area contributed by atoms with Crippen molar-refractivity contribution in [2.24, 2.45) is 11.8 Å². The number of rotatable bonds is 5. The molecule has 0 aromatic heterocycles. The van der Waals surface area contributed by atoms with Gasteiger partial charge in [0.15, 0.2) is 0 Å². The van der Waals surface area contributed by atoms with Crippen LogP contribution in [0.3, 0.4) is 0 Å². The maximum Gasteiger partial charge on any atom is 0.230 e. The summed E-state index contributed by atoms with van der Waals surface area (Å²) < 4.78 is 0. The first-order valence-corrected chi connectivity index (χ1v) is 11.9. The Hall–Kier alpha value is -2.13. The number of nitrogens with zero attached hydrogens (tertiary/aromatic N) is 1. The van der Waals surface area contributed by atoms with Crippen LogP contribution >= 0.6 is 0 Å². The highest BCUT2D eigenvalue weighted by atomic mass is 16.2. The summed E-state index contributed by atoms with van der Waals surface area (Å²) in [6, 6.07) is 21.7. The number of fused-ring (bicyclic) bond motifs is 1. The molecule has 1 amide bonds. The molecule has 3 heteroatoms. The maximum atomic E-state index is 13.7. The normalized spacial score (nSPS) is 28.2. The third-order valence-corrected chi connectivity index (χ3v) is 7.97. The summed E-state index contributed by atoms with van der Waals surface area (Å²) in [5, 5.41) is 3.58. The van der Waals surface area contributed by atoms with Crippen LogP contribution in [0.5, 0.6) is 0 Å². The highest BCUT2D eigenvalue weighted by Crippen LogP contribution is 2.42. The number of nitrogens with one attached hydrogen (secondary N) is 1. The number of carbonyl (C=O) groups excluding carboxylic acids is 1. The topological polar surface area (TPSA) is 32.3 Å². The van der Waals surface area contributed by atoms with Crippen molar-refractivity contribution in [3.63, 3.8) is 0 Å². The van der Waals surface area contributed by atoms with Crippen LogP contribution in [0.15, 0.2) is 60.7 Å². The van der Waals surface area contributed by atoms with E-state index in [1.54, 1.807) is 0 Å². The molecule has 3 atom stereocenters. The molecule has 2 aromatic carbocycles. The van der Waals surface area contributed by atoms with E-state index in [1.165, 1.54) is 30.5 Å². The summed E-state index contributed by atoms with van der Waals surface area (Å²) in [7, 11) is 0. The Labute approximate surface area is 180 Å². The zero-order valence-electron chi connectivity index (χ0n) is 17.9. The average Bonchev–Trinajstić information content (AvgIpc) is 3.36. The second-order valence-corrected chi connectivity index (χ2v) is 9.77. The Morgan fingerprint density at radius 2 is 1.60 bits per heavy atom. The molecule has 158 valence electrons. The molecule has 0 unspecified atom stereocenters. The van der Waals surface area contributed by atoms with Crippen LogP contribution < -0.4 is 5.32 Å². The summed E-state index contributed by atoms with van der Waals surface area (Å²) in [6.07, 6.45) is 7.94. The van der Waals surface area contributed by atoms with Gasteiger partial charge in [-0.15, -0.1) is 0 Å². The van der Waals surface area contributed by atoms with Gasteiger partial charge in [-0.1, -0.05) is 79.9 Å². The number of hydrogen-bond acceptors (Lipinski definition) is 2. The summed E-state index contributed by atoms with van der Waals surface area (Å²) in [5.41, 5.74) is 2.29. The average molecular weight is 403 g/mol. The molecule has 3 nitrogen and oxygen atoms in total. The highest BCUT2D eigenvalue weighted by Gasteiger charge is 2.46. The van der Waals surface area contributed by atoms with Gasteiger partial charge < -0.3 is 5.32 Å². The van der Waals surface area contributed by atoms with E-state index in [-0.39, 0.29) is 5.41 Å². The van der Waals surface area contributed by atoms with Gasteiger partial charge >= 0.3 is 0 Å². The van der Waals surface area contributed by atoms with Crippen molar-refractivity contribution in [3.8, 4) is 0 Å². The minimum atomic E-state index is -0.320. The molecule has 5 rings (SSSR count). The van der Waals surface area contributed by atoms with E-state index >= 15 is 0 Å². The van der Waals surface area contributed by atoms with E-state index in [1.807, 2.05) is 0 Å². The lowest BCUT2D eigenvalue weighted by atomic mass is 9.68. The molecule has 30 heavy (non-hydrogen) atoms. The van der Waals surface area contributed by atoms with Crippen molar-refractivity contribution < 1.29 is 4.79 Å². The van der Waals surface area contributed by atoms with Crippen LogP contribution in [0.4, 0.5) is 0 Å². The zero-order valence-corrected chi connectivity index (χ0v) is 17.9. The van der Waals surface area contributed by atoms with Crippen LogP contribution in [0.2, 0.25) is 0 Å². The van der Waals surface area contributed by atoms with E-state index in [9.17, 15) is 4.79 Å². The number of likely N-dealkylation sites (tertiary alicyclic amines) is 1. The molecule has 0 bridgehead atoms. The monoisotopic (exact) mass is 402 g/mol. The van der Waals surface area contributed by atoms with Crippen molar-refractivity contribution in [2.45, 2.75) is 62.9 Å². The second-order valence-electron chi connectivity index (χ2n) is 9.77. The standard InChI is InChI=1S/C27H34N2O/c30-26(27(16-8-3-9-17-27)23-12-6-2-7-13-23)28-25-15-14-22-19-29(20-24(22)25)18-21-10-4-1-5-11-21/h1-2,4-7,10-13,22,24-25H,3,8-9,14-20H2,(H,28,30)/t22-,24+,25+/m1/s1. The van der Waals surface area contributed by atoms with Crippen LogP contribution in [0.25, 0.3) is 0 Å². The van der Waals surface area contributed by atoms with Crippen LogP contribution in [-0.4, -0.2) is 29.9 Å². The molecular formula is C27H34N2O. The Morgan fingerprint density at radius 3 is 2.33 bits per heavy atom. The van der Waals surface area contributed by atoms with Crippen molar-refractivity contribution in [1.29, 1.82) is 0 Å². The fraction of sp³-hybridized carbons (Fsp3) is 0.519. The molecule has 3 fully saturated rings. The number of carbonyl (C=O) groups is 1. The SMILES string of the molecule is O=C(N[C@H]1CC[C@@H]2CN(Cc3ccccc3)C[C@@H]21)C1(c2ccccc2)CCCCC1. The largest absolute Gasteiger partial charge is 0.352 e. The van der Waals surface area contributed by atoms with Gasteiger partial charge in [-0.05, 0) is 48.6 Å². The van der Waals surface area contributed by atoms with E-state index in [2.05, 4.69) is 70.9 Å². The zero-order chi connectivity index (χ0) is 20.4. The predicted octanol–water partition coefficient (Wildman–Crippen LogP) is 4.92. The Morgan fingerprint density at radius 1 is 0.900 bits per heavy atom. The molecule has 1 saturated heterocycles. The molecule has 2 aromatic rings. The number of amides is 1. The van der Waals surface area contributed by atoms with E-state index in [4.69, 9.17) is 0 Å². The quantitative estimate of drug-likeness (QED) is 0.770. The summed E-state index contributed by atoms with van der Waals surface area (Å²) in [5.74, 6) is 1.63. The Bertz CT molecular complexity index is 844. The van der Waals surface area contributed by atoms with Gasteiger partial charge in [0.05, 0.1) is 5.41 Å². The number of hydrogen-bond donors (Lipinski definition) is 1. The van der Waals surface area contributed by atoms with Gasteiger partial charge in [0.2, 0.25) is 5.91 Å². The Balaban J connectivity index is 1.28. The molecule has 1 heterocycles. The lowest BCUT2D eigenvalue weighted by Gasteiger charge is -2.38. The van der Waals surface area contributed by atoms with Gasteiger partial charge in [-0.2, -0.15) is 0 Å². The molecule has 3 aliphatic rings. The summed E-state index contributed by atoms with van der Waals surface area (Å²) >= 11 is 0. The number of benzene rings is 2. The molecule has 1 aliphatic heterocycles. The third kappa shape index (κ3) is 3.80. The molecule has 2 saturated carbocycles. The van der Waals surface area contributed by atoms with Gasteiger partial charge in [-0.25, -0.2) is 0 Å². The minimum Gasteiger partial charge on any atom is -0.352 e. The fourth-order valence-corrected chi connectivity index (χ4v) is 6.37. The smallest absolute Gasteiger partial charge is 0.230 e. The van der Waals surface area contributed by atoms with Gasteiger partial charge in [0, 0.05) is 25.7 Å². The van der Waals surface area contributed by atoms with Crippen molar-refractivity contribution in [3.05, 3.63) is 71.8 Å². The summed E-state index contributed by atoms with van der Waals surface area (Å²) in [6.45, 7) is 3.32. The van der Waals surface area contributed by atoms with Crippen LogP contribution in [-0.2, 0) is 16.8 Å². The summed E-state index contributed by atoms with van der Waals surface area (Å²) in [4.78, 5) is 16.3. The van der Waals surface area contributed by atoms with Crippen LogP contribution in [0.1, 0.15) is 56.1 Å². The van der Waals surface area contributed by atoms with E-state index in [0.717, 1.165) is 51.1 Å². The lowest BCUT2D eigenvalue weighted by molar-refractivity contribution is -0.129. The van der Waals surface area contributed by atoms with E-state index in [0.29, 0.717) is 17.9 Å². The minimum absolute atomic E-state index is 0.292. The lowest BCUT2D eigenvalue weighted by Crippen LogP contribution is -2.50. The van der Waals surface area contributed by atoms with Crippen molar-refractivity contribution >= 4 is 5.91 Å². The third-order valence-electron chi connectivity index (χ3n) is 7.97. The first-order chi connectivity index (χ1) is 14.7. The molecule has 1 N–H and O–H groups in total.